The number of pyridine rings is 1. The van der Waals surface area contributed by atoms with Crippen LogP contribution < -0.4 is 11.2 Å². The lowest BCUT2D eigenvalue weighted by molar-refractivity contribution is 0.969. The van der Waals surface area contributed by atoms with Crippen molar-refractivity contribution in [3.63, 3.8) is 0 Å². The number of nitrogens with zero attached hydrogens (tertiary/aromatic N) is 1. The highest BCUT2D eigenvalue weighted by atomic mass is 35.5. The molecule has 3 N–H and O–H groups in total. The first-order valence-corrected chi connectivity index (χ1v) is 6.19. The lowest BCUT2D eigenvalue weighted by atomic mass is 10.2. The molecule has 98 valence electrons. The maximum Gasteiger partial charge on any atom is 0.192 e. The van der Waals surface area contributed by atoms with Gasteiger partial charge in [0.2, 0.25) is 0 Å². The maximum atomic E-state index is 11.7. The van der Waals surface area contributed by atoms with Crippen LogP contribution >= 0.6 is 23.2 Å². The number of hydrogen-bond acceptors (Lipinski definition) is 2. The van der Waals surface area contributed by atoms with Crippen molar-refractivity contribution in [3.05, 3.63) is 62.0 Å². The van der Waals surface area contributed by atoms with Gasteiger partial charge >= 0.3 is 0 Å². The van der Waals surface area contributed by atoms with Crippen LogP contribution in [0.2, 0.25) is 10.0 Å². The summed E-state index contributed by atoms with van der Waals surface area (Å²) in [4.78, 5) is 11.7. The molecule has 19 heavy (non-hydrogen) atoms. The predicted molar refractivity (Wildman–Crippen MR) is 77.8 cm³/mol. The normalized spacial score (nSPS) is 10.5. The van der Waals surface area contributed by atoms with Gasteiger partial charge < -0.3 is 10.3 Å². The Morgan fingerprint density at radius 1 is 1.26 bits per heavy atom. The Morgan fingerprint density at radius 2 is 1.95 bits per heavy atom. The van der Waals surface area contributed by atoms with Gasteiger partial charge in [0.25, 0.3) is 0 Å². The lowest BCUT2D eigenvalue weighted by Crippen LogP contribution is -2.23. The maximum absolute atomic E-state index is 11.7. The van der Waals surface area contributed by atoms with Crippen molar-refractivity contribution in [1.29, 1.82) is 5.41 Å². The average Bonchev–Trinajstić information content (AvgIpc) is 2.32. The van der Waals surface area contributed by atoms with Gasteiger partial charge in [0.1, 0.15) is 5.84 Å². The Hall–Kier alpha value is -1.78. The van der Waals surface area contributed by atoms with Gasteiger partial charge in [-0.25, -0.2) is 0 Å². The van der Waals surface area contributed by atoms with Crippen LogP contribution in [0.5, 0.6) is 0 Å². The Labute approximate surface area is 119 Å². The zero-order chi connectivity index (χ0) is 14.2. The van der Waals surface area contributed by atoms with E-state index in [9.17, 15) is 4.79 Å². The summed E-state index contributed by atoms with van der Waals surface area (Å²) < 4.78 is 1.74. The highest BCUT2D eigenvalue weighted by molar-refractivity contribution is 6.42. The Bertz CT molecular complexity index is 722. The van der Waals surface area contributed by atoms with Crippen LogP contribution in [0, 0.1) is 12.3 Å². The number of benzene rings is 1. The third kappa shape index (κ3) is 2.64. The summed E-state index contributed by atoms with van der Waals surface area (Å²) in [6.45, 7) is 1.79. The van der Waals surface area contributed by atoms with Crippen molar-refractivity contribution < 1.29 is 0 Å². The monoisotopic (exact) mass is 295 g/mol. The largest absolute Gasteiger partial charge is 0.384 e. The zero-order valence-electron chi connectivity index (χ0n) is 10.1. The first-order valence-electron chi connectivity index (χ1n) is 5.43. The fourth-order valence-electron chi connectivity index (χ4n) is 1.75. The van der Waals surface area contributed by atoms with Gasteiger partial charge in [-0.2, -0.15) is 0 Å². The molecule has 0 aliphatic carbocycles. The van der Waals surface area contributed by atoms with Gasteiger partial charge in [0, 0.05) is 23.6 Å². The van der Waals surface area contributed by atoms with Crippen LogP contribution in [0.15, 0.2) is 35.3 Å². The highest BCUT2D eigenvalue weighted by Gasteiger charge is 2.09. The van der Waals surface area contributed by atoms with Crippen LogP contribution in [0.4, 0.5) is 0 Å². The molecule has 2 aromatic rings. The number of nitrogens with one attached hydrogen (secondary N) is 1. The topological polar surface area (TPSA) is 71.9 Å². The number of aromatic nitrogens is 1. The van der Waals surface area contributed by atoms with Crippen LogP contribution in [0.3, 0.4) is 0 Å². The van der Waals surface area contributed by atoms with Gasteiger partial charge in [0.05, 0.1) is 15.6 Å². The van der Waals surface area contributed by atoms with E-state index in [0.717, 1.165) is 5.69 Å². The van der Waals surface area contributed by atoms with E-state index in [0.29, 0.717) is 15.7 Å². The molecule has 0 amide bonds. The minimum atomic E-state index is -0.277. The van der Waals surface area contributed by atoms with Crippen molar-refractivity contribution in [1.82, 2.24) is 4.57 Å². The fraction of sp³-hybridized carbons (Fsp3) is 0.0769. The molecule has 6 heteroatoms. The smallest absolute Gasteiger partial charge is 0.192 e. The Morgan fingerprint density at radius 3 is 2.53 bits per heavy atom. The van der Waals surface area contributed by atoms with E-state index in [1.807, 2.05) is 0 Å². The van der Waals surface area contributed by atoms with Crippen LogP contribution in [0.25, 0.3) is 5.69 Å². The van der Waals surface area contributed by atoms with Crippen molar-refractivity contribution in [2.45, 2.75) is 6.92 Å². The minimum absolute atomic E-state index is 0.150. The molecule has 0 spiro atoms. The summed E-state index contributed by atoms with van der Waals surface area (Å²) in [5, 5.41) is 8.27. The summed E-state index contributed by atoms with van der Waals surface area (Å²) >= 11 is 11.8. The van der Waals surface area contributed by atoms with Crippen molar-refractivity contribution >= 4 is 29.0 Å². The molecule has 0 radical (unpaired) electrons. The van der Waals surface area contributed by atoms with Gasteiger partial charge in [-0.15, -0.1) is 0 Å². The molecule has 0 aliphatic heterocycles. The SMILES string of the molecule is Cc1cc(=O)c(C(=N)N)cn1-c1ccc(Cl)c(Cl)c1. The molecule has 1 aromatic heterocycles. The van der Waals surface area contributed by atoms with E-state index in [1.165, 1.54) is 12.3 Å². The van der Waals surface area contributed by atoms with Gasteiger partial charge in [-0.1, -0.05) is 23.2 Å². The Balaban J connectivity index is 2.68. The average molecular weight is 296 g/mol. The fourth-order valence-corrected chi connectivity index (χ4v) is 2.04. The van der Waals surface area contributed by atoms with Gasteiger partial charge in [0.15, 0.2) is 5.43 Å². The molecule has 0 saturated carbocycles. The van der Waals surface area contributed by atoms with E-state index >= 15 is 0 Å². The number of halogens is 2. The molecule has 2 rings (SSSR count). The van der Waals surface area contributed by atoms with E-state index < -0.39 is 0 Å². The second kappa shape index (κ2) is 5.07. The van der Waals surface area contributed by atoms with E-state index in [1.54, 1.807) is 29.7 Å². The first kappa shape index (κ1) is 13.6. The third-order valence-electron chi connectivity index (χ3n) is 2.72. The molecule has 0 fully saturated rings. The molecule has 0 aliphatic rings. The van der Waals surface area contributed by atoms with E-state index in [4.69, 9.17) is 34.3 Å². The summed E-state index contributed by atoms with van der Waals surface area (Å²) in [6, 6.07) is 6.56. The molecule has 0 atom stereocenters. The van der Waals surface area contributed by atoms with Gasteiger partial charge in [-0.05, 0) is 25.1 Å². The first-order chi connectivity index (χ1) is 8.90. The van der Waals surface area contributed by atoms with Crippen LogP contribution in [-0.4, -0.2) is 10.4 Å². The molecule has 1 aromatic carbocycles. The molecule has 0 bridgehead atoms. The van der Waals surface area contributed by atoms with E-state index in [2.05, 4.69) is 0 Å². The van der Waals surface area contributed by atoms with Crippen molar-refractivity contribution in [2.75, 3.05) is 0 Å². The standard InChI is InChI=1S/C13H11Cl2N3O/c1-7-4-12(19)9(13(16)17)6-18(7)8-2-3-10(14)11(15)5-8/h2-6H,1H3,(H3,16,17). The molecule has 0 saturated heterocycles. The molecular formula is C13H11Cl2N3O. The van der Waals surface area contributed by atoms with Crippen molar-refractivity contribution in [3.8, 4) is 5.69 Å². The van der Waals surface area contributed by atoms with E-state index in [-0.39, 0.29) is 16.8 Å². The number of aryl methyl sites for hydroxylation is 1. The lowest BCUT2D eigenvalue weighted by Gasteiger charge is -2.13. The van der Waals surface area contributed by atoms with Crippen LogP contribution in [-0.2, 0) is 0 Å². The van der Waals surface area contributed by atoms with Crippen molar-refractivity contribution in [2.24, 2.45) is 5.73 Å². The van der Waals surface area contributed by atoms with Gasteiger partial charge in [-0.3, -0.25) is 10.2 Å². The molecule has 4 nitrogen and oxygen atoms in total. The molecule has 0 unspecified atom stereocenters. The minimum Gasteiger partial charge on any atom is -0.384 e. The highest BCUT2D eigenvalue weighted by Crippen LogP contribution is 2.24. The van der Waals surface area contributed by atoms with Crippen LogP contribution in [0.1, 0.15) is 11.3 Å². The second-order valence-electron chi connectivity index (χ2n) is 4.07. The second-order valence-corrected chi connectivity index (χ2v) is 4.89. The summed E-state index contributed by atoms with van der Waals surface area (Å²) in [7, 11) is 0. The predicted octanol–water partition coefficient (Wildman–Crippen LogP) is 2.74. The Kier molecular flexibility index (Phi) is 3.64. The number of hydrogen-bond donors (Lipinski definition) is 2. The quantitative estimate of drug-likeness (QED) is 0.660. The number of nitrogen functional groups attached to an aromatic ring is 1. The summed E-state index contributed by atoms with van der Waals surface area (Å²) in [6.07, 6.45) is 1.53. The zero-order valence-corrected chi connectivity index (χ0v) is 11.6. The summed E-state index contributed by atoms with van der Waals surface area (Å²) in [5.41, 5.74) is 6.72. The number of amidine groups is 1. The number of nitrogens with two attached hydrogens (primary N) is 1. The third-order valence-corrected chi connectivity index (χ3v) is 3.45. The molecule has 1 heterocycles. The number of rotatable bonds is 2. The summed E-state index contributed by atoms with van der Waals surface area (Å²) in [5.74, 6) is -0.265. The molecular weight excluding hydrogens is 285 g/mol.